The minimum atomic E-state index is 0.616. The summed E-state index contributed by atoms with van der Waals surface area (Å²) in [5.74, 6) is 2.77. The van der Waals surface area contributed by atoms with Crippen LogP contribution in [0.1, 0.15) is 25.0 Å². The number of unbranched alkanes of at least 4 members (excludes halogenated alkanes) is 2. The van der Waals surface area contributed by atoms with Crippen molar-refractivity contribution in [1.29, 1.82) is 0 Å². The molecule has 1 aromatic carbocycles. The molecule has 3 rings (SSSR count). The molecule has 28 heavy (non-hydrogen) atoms. The predicted octanol–water partition coefficient (Wildman–Crippen LogP) is 3.78. The fourth-order valence-electron chi connectivity index (χ4n) is 2.82. The number of aromatic nitrogens is 3. The van der Waals surface area contributed by atoms with Gasteiger partial charge in [-0.15, -0.1) is 0 Å². The minimum absolute atomic E-state index is 0.616. The molecule has 0 saturated carbocycles. The Morgan fingerprint density at radius 3 is 2.79 bits per heavy atom. The van der Waals surface area contributed by atoms with Gasteiger partial charge in [0, 0.05) is 24.1 Å². The zero-order chi connectivity index (χ0) is 19.8. The summed E-state index contributed by atoms with van der Waals surface area (Å²) in [6.45, 7) is 1.43. The number of nitrogens with two attached hydrogens (primary N) is 1. The molecule has 0 atom stereocenters. The van der Waals surface area contributed by atoms with Crippen molar-refractivity contribution in [3.8, 4) is 17.2 Å². The van der Waals surface area contributed by atoms with E-state index in [2.05, 4.69) is 15.0 Å². The molecule has 0 spiro atoms. The average molecular weight is 403 g/mol. The van der Waals surface area contributed by atoms with Crippen molar-refractivity contribution in [3.05, 3.63) is 36.2 Å². The Balaban J connectivity index is 1.63. The second-order valence-corrected chi connectivity index (χ2v) is 7.16. The lowest BCUT2D eigenvalue weighted by molar-refractivity contribution is 0.306. The molecule has 0 aliphatic heterocycles. The Bertz CT molecular complexity index is 900. The lowest BCUT2D eigenvalue weighted by atomic mass is 10.2. The monoisotopic (exact) mass is 402 g/mol. The van der Waals surface area contributed by atoms with E-state index in [0.717, 1.165) is 53.4 Å². The second-order valence-electron chi connectivity index (χ2n) is 6.20. The molecule has 150 valence electrons. The molecule has 7 nitrogen and oxygen atoms in total. The summed E-state index contributed by atoms with van der Waals surface area (Å²) < 4.78 is 16.6. The number of fused-ring (bicyclic) bond motifs is 1. The first-order valence-corrected chi connectivity index (χ1v) is 10.2. The fraction of sp³-hybridized carbons (Fsp3) is 0.400. The summed E-state index contributed by atoms with van der Waals surface area (Å²) in [5, 5.41) is 0.821. The number of thioether (sulfide) groups is 1. The normalized spacial score (nSPS) is 11.0. The Morgan fingerprint density at radius 2 is 2.00 bits per heavy atom. The van der Waals surface area contributed by atoms with Crippen LogP contribution in [0.5, 0.6) is 17.2 Å². The maximum atomic E-state index is 5.81. The molecular weight excluding hydrogens is 376 g/mol. The van der Waals surface area contributed by atoms with Gasteiger partial charge in [0.25, 0.3) is 0 Å². The van der Waals surface area contributed by atoms with Crippen molar-refractivity contribution >= 4 is 22.8 Å². The highest BCUT2D eigenvalue weighted by Crippen LogP contribution is 2.33. The number of imidazole rings is 1. The second kappa shape index (κ2) is 10.2. The highest BCUT2D eigenvalue weighted by molar-refractivity contribution is 7.98. The number of hydrogen-bond acceptors (Lipinski definition) is 7. The van der Waals surface area contributed by atoms with E-state index in [1.165, 1.54) is 0 Å². The third-order valence-corrected chi connectivity index (χ3v) is 5.15. The largest absolute Gasteiger partial charge is 0.494 e. The van der Waals surface area contributed by atoms with Crippen molar-refractivity contribution in [3.63, 3.8) is 0 Å². The summed E-state index contributed by atoms with van der Waals surface area (Å²) in [6, 6.07) is 7.70. The van der Waals surface area contributed by atoms with E-state index in [4.69, 9.17) is 19.9 Å². The van der Waals surface area contributed by atoms with Crippen molar-refractivity contribution in [1.82, 2.24) is 15.0 Å². The Labute approximate surface area is 169 Å². The summed E-state index contributed by atoms with van der Waals surface area (Å²) >= 11 is 1.56. The number of H-pyrrole nitrogens is 1. The summed E-state index contributed by atoms with van der Waals surface area (Å²) in [5.41, 5.74) is 8.18. The maximum Gasteiger partial charge on any atom is 0.183 e. The Hall–Kier alpha value is -2.45. The number of aromatic amines is 1. The molecular formula is C20H26N4O3S. The van der Waals surface area contributed by atoms with Crippen LogP contribution in [0.2, 0.25) is 0 Å². The molecule has 0 unspecified atom stereocenters. The molecule has 0 aliphatic rings. The van der Waals surface area contributed by atoms with E-state index in [1.54, 1.807) is 38.2 Å². The molecule has 2 heterocycles. The van der Waals surface area contributed by atoms with Gasteiger partial charge in [0.05, 0.1) is 37.6 Å². The Kier molecular flexibility index (Phi) is 7.39. The first-order valence-electron chi connectivity index (χ1n) is 9.26. The number of rotatable bonds is 11. The first kappa shape index (κ1) is 20.3. The standard InChI is InChI=1S/C20H26N4O3S/c1-25-18-8-10-22-17(19(18)26-2)13-28-20-23-15-7-6-14(12-16(15)24-20)27-11-5-3-4-9-21/h6-8,10,12H,3-5,9,11,13,21H2,1-2H3,(H,23,24). The van der Waals surface area contributed by atoms with Crippen LogP contribution < -0.4 is 19.9 Å². The topological polar surface area (TPSA) is 95.3 Å². The number of hydrogen-bond donors (Lipinski definition) is 2. The summed E-state index contributed by atoms with van der Waals surface area (Å²) in [6.07, 6.45) is 4.85. The van der Waals surface area contributed by atoms with Crippen molar-refractivity contribution < 1.29 is 14.2 Å². The zero-order valence-electron chi connectivity index (χ0n) is 16.2. The van der Waals surface area contributed by atoms with E-state index in [0.29, 0.717) is 23.9 Å². The van der Waals surface area contributed by atoms with Crippen LogP contribution in [0.15, 0.2) is 35.6 Å². The van der Waals surface area contributed by atoms with E-state index < -0.39 is 0 Å². The molecule has 0 fully saturated rings. The third-order valence-electron chi connectivity index (χ3n) is 4.26. The highest BCUT2D eigenvalue weighted by Gasteiger charge is 2.13. The number of ether oxygens (including phenoxy) is 3. The highest BCUT2D eigenvalue weighted by atomic mass is 32.2. The SMILES string of the molecule is COc1ccnc(CSc2nc3cc(OCCCCCN)ccc3[nH]2)c1OC. The Morgan fingerprint density at radius 1 is 1.11 bits per heavy atom. The van der Waals surface area contributed by atoms with Gasteiger partial charge in [-0.05, 0) is 37.9 Å². The van der Waals surface area contributed by atoms with Crippen molar-refractivity contribution in [2.75, 3.05) is 27.4 Å². The molecule has 3 aromatic rings. The van der Waals surface area contributed by atoms with Crippen LogP contribution in [0, 0.1) is 0 Å². The van der Waals surface area contributed by atoms with Crippen molar-refractivity contribution in [2.24, 2.45) is 5.73 Å². The smallest absolute Gasteiger partial charge is 0.183 e. The van der Waals surface area contributed by atoms with Crippen LogP contribution in [-0.2, 0) is 5.75 Å². The van der Waals surface area contributed by atoms with E-state index in [-0.39, 0.29) is 0 Å². The van der Waals surface area contributed by atoms with Gasteiger partial charge in [0.15, 0.2) is 16.7 Å². The molecule has 2 aromatic heterocycles. The lowest BCUT2D eigenvalue weighted by Crippen LogP contribution is -2.01. The number of benzene rings is 1. The summed E-state index contributed by atoms with van der Waals surface area (Å²) in [4.78, 5) is 12.4. The lowest BCUT2D eigenvalue weighted by Gasteiger charge is -2.10. The van der Waals surface area contributed by atoms with Gasteiger partial charge < -0.3 is 24.9 Å². The average Bonchev–Trinajstić information content (AvgIpc) is 3.13. The van der Waals surface area contributed by atoms with E-state index in [1.807, 2.05) is 18.2 Å². The van der Waals surface area contributed by atoms with Gasteiger partial charge in [-0.1, -0.05) is 11.8 Å². The van der Waals surface area contributed by atoms with Gasteiger partial charge in [-0.3, -0.25) is 4.98 Å². The van der Waals surface area contributed by atoms with Gasteiger partial charge in [0.2, 0.25) is 0 Å². The quantitative estimate of drug-likeness (QED) is 0.372. The van der Waals surface area contributed by atoms with Crippen molar-refractivity contribution in [2.45, 2.75) is 30.2 Å². The van der Waals surface area contributed by atoms with Gasteiger partial charge in [-0.2, -0.15) is 0 Å². The number of nitrogens with zero attached hydrogens (tertiary/aromatic N) is 2. The molecule has 0 saturated heterocycles. The minimum Gasteiger partial charge on any atom is -0.494 e. The van der Waals surface area contributed by atoms with E-state index in [9.17, 15) is 0 Å². The molecule has 0 bridgehead atoms. The molecule has 0 aliphatic carbocycles. The van der Waals surface area contributed by atoms with Gasteiger partial charge >= 0.3 is 0 Å². The van der Waals surface area contributed by atoms with Crippen LogP contribution in [0.4, 0.5) is 0 Å². The number of pyridine rings is 1. The van der Waals surface area contributed by atoms with Crippen LogP contribution in [0.3, 0.4) is 0 Å². The predicted molar refractivity (Wildman–Crippen MR) is 111 cm³/mol. The van der Waals surface area contributed by atoms with Gasteiger partial charge in [0.1, 0.15) is 5.75 Å². The number of nitrogens with one attached hydrogen (secondary N) is 1. The maximum absolute atomic E-state index is 5.81. The fourth-order valence-corrected chi connectivity index (χ4v) is 3.65. The number of methoxy groups -OCH3 is 2. The van der Waals surface area contributed by atoms with Crippen LogP contribution >= 0.6 is 11.8 Å². The molecule has 3 N–H and O–H groups in total. The first-order chi connectivity index (χ1) is 13.7. The molecule has 8 heteroatoms. The van der Waals surface area contributed by atoms with Crippen LogP contribution in [-0.4, -0.2) is 42.3 Å². The van der Waals surface area contributed by atoms with Gasteiger partial charge in [-0.25, -0.2) is 4.98 Å². The molecule has 0 radical (unpaired) electrons. The molecule has 0 amide bonds. The third kappa shape index (κ3) is 5.08. The van der Waals surface area contributed by atoms with Crippen LogP contribution in [0.25, 0.3) is 11.0 Å². The summed E-state index contributed by atoms with van der Waals surface area (Å²) in [7, 11) is 3.23. The zero-order valence-corrected chi connectivity index (χ0v) is 17.1. The van der Waals surface area contributed by atoms with E-state index >= 15 is 0 Å².